The first-order valence-corrected chi connectivity index (χ1v) is 12.2. The summed E-state index contributed by atoms with van der Waals surface area (Å²) < 4.78 is 0. The molecule has 6 heteroatoms. The van der Waals surface area contributed by atoms with Crippen LogP contribution in [0.5, 0.6) is 0 Å². The Labute approximate surface area is 212 Å². The third-order valence-corrected chi connectivity index (χ3v) is 6.59. The molecule has 1 unspecified atom stereocenters. The van der Waals surface area contributed by atoms with Crippen LogP contribution in [0.15, 0.2) is 120 Å². The van der Waals surface area contributed by atoms with Crippen LogP contribution in [-0.4, -0.2) is 6.04 Å². The predicted octanol–water partition coefficient (Wildman–Crippen LogP) is 5.82. The summed E-state index contributed by atoms with van der Waals surface area (Å²) in [5.74, 6) is 0. The van der Waals surface area contributed by atoms with Crippen molar-refractivity contribution in [2.75, 3.05) is 21.3 Å². The van der Waals surface area contributed by atoms with Crippen LogP contribution in [0.4, 0.5) is 34.1 Å². The zero-order valence-corrected chi connectivity index (χ0v) is 20.2. The molecule has 0 aromatic heterocycles. The lowest BCUT2D eigenvalue weighted by molar-refractivity contribution is 0.778. The molecule has 182 valence electrons. The van der Waals surface area contributed by atoms with Crippen LogP contribution >= 0.6 is 0 Å². The summed E-state index contributed by atoms with van der Waals surface area (Å²) in [6, 6.07) is 24.8. The Hall–Kier alpha value is -4.58. The van der Waals surface area contributed by atoms with Crippen LogP contribution in [0, 0.1) is 0 Å². The van der Waals surface area contributed by atoms with E-state index in [1.54, 1.807) is 0 Å². The van der Waals surface area contributed by atoms with Crippen molar-refractivity contribution in [3.63, 3.8) is 0 Å². The van der Waals surface area contributed by atoms with Crippen LogP contribution < -0.4 is 32.7 Å². The van der Waals surface area contributed by atoms with Gasteiger partial charge in [0.2, 0.25) is 0 Å². The second-order valence-corrected chi connectivity index (χ2v) is 9.17. The van der Waals surface area contributed by atoms with Crippen molar-refractivity contribution in [2.45, 2.75) is 25.3 Å². The maximum Gasteiger partial charge on any atom is 0.0561 e. The first kappa shape index (κ1) is 23.2. The first-order chi connectivity index (χ1) is 17.5. The number of rotatable bonds is 6. The summed E-state index contributed by atoms with van der Waals surface area (Å²) in [6.45, 7) is 0. The SMILES string of the molecule is NC1=CCC(N(c2ccc(N)cc2)c2ccc(N(C3=CC=C(N)CC3)c3ccc(N)cc3)cc2)C=C1. The first-order valence-electron chi connectivity index (χ1n) is 12.2. The van der Waals surface area contributed by atoms with Gasteiger partial charge in [-0.1, -0.05) is 12.2 Å². The molecule has 0 bridgehead atoms. The molecule has 0 saturated heterocycles. The van der Waals surface area contributed by atoms with Crippen LogP contribution in [0.25, 0.3) is 0 Å². The maximum atomic E-state index is 6.04. The molecule has 8 N–H and O–H groups in total. The largest absolute Gasteiger partial charge is 0.402 e. The Balaban J connectivity index is 1.52. The fourth-order valence-electron chi connectivity index (χ4n) is 4.68. The summed E-state index contributed by atoms with van der Waals surface area (Å²) in [4.78, 5) is 4.59. The molecule has 0 radical (unpaired) electrons. The molecule has 0 fully saturated rings. The number of hydrogen-bond acceptors (Lipinski definition) is 6. The molecular weight excluding hydrogens is 444 g/mol. The second-order valence-electron chi connectivity index (χ2n) is 9.17. The van der Waals surface area contributed by atoms with Crippen LogP contribution in [0.3, 0.4) is 0 Å². The molecule has 36 heavy (non-hydrogen) atoms. The zero-order valence-electron chi connectivity index (χ0n) is 20.2. The highest BCUT2D eigenvalue weighted by Gasteiger charge is 2.21. The number of nitrogens with zero attached hydrogens (tertiary/aromatic N) is 2. The van der Waals surface area contributed by atoms with Gasteiger partial charge in [0.25, 0.3) is 0 Å². The summed E-state index contributed by atoms with van der Waals surface area (Å²) in [7, 11) is 0. The topological polar surface area (TPSA) is 111 Å². The molecular formula is C30H32N6. The summed E-state index contributed by atoms with van der Waals surface area (Å²) >= 11 is 0. The van der Waals surface area contributed by atoms with Crippen molar-refractivity contribution in [1.82, 2.24) is 0 Å². The molecule has 0 saturated carbocycles. The van der Waals surface area contributed by atoms with Crippen molar-refractivity contribution in [3.05, 3.63) is 120 Å². The molecule has 5 rings (SSSR count). The lowest BCUT2D eigenvalue weighted by atomic mass is 10.0. The van der Waals surface area contributed by atoms with E-state index < -0.39 is 0 Å². The molecule has 1 atom stereocenters. The standard InChI is InChI=1S/C30H32N6/c31-21-1-9-25(10-2-21)35(26-11-3-22(32)4-12-26)29-17-19-30(20-18-29)36(27-13-5-23(33)6-14-27)28-15-7-24(34)8-16-28/h1-7,9-11,13-15,17-20,26H,8,12,16,31-34H2. The van der Waals surface area contributed by atoms with E-state index in [1.807, 2.05) is 36.4 Å². The smallest absolute Gasteiger partial charge is 0.0561 e. The van der Waals surface area contributed by atoms with E-state index in [2.05, 4.69) is 76.6 Å². The Bertz CT molecular complexity index is 1330. The highest BCUT2D eigenvalue weighted by molar-refractivity contribution is 5.74. The Morgan fingerprint density at radius 3 is 1.64 bits per heavy atom. The van der Waals surface area contributed by atoms with Crippen molar-refractivity contribution < 1.29 is 0 Å². The summed E-state index contributed by atoms with van der Waals surface area (Å²) in [6.07, 6.45) is 12.8. The van der Waals surface area contributed by atoms with E-state index in [0.717, 1.165) is 64.8 Å². The van der Waals surface area contributed by atoms with E-state index in [1.165, 1.54) is 5.70 Å². The van der Waals surface area contributed by atoms with E-state index in [4.69, 9.17) is 22.9 Å². The minimum Gasteiger partial charge on any atom is -0.402 e. The van der Waals surface area contributed by atoms with Gasteiger partial charge in [-0.05, 0) is 110 Å². The quantitative estimate of drug-likeness (QED) is 0.334. The zero-order chi connectivity index (χ0) is 25.1. The monoisotopic (exact) mass is 476 g/mol. The van der Waals surface area contributed by atoms with Crippen LogP contribution in [0.1, 0.15) is 19.3 Å². The van der Waals surface area contributed by atoms with Crippen LogP contribution in [-0.2, 0) is 0 Å². The van der Waals surface area contributed by atoms with Gasteiger partial charge in [0.15, 0.2) is 0 Å². The van der Waals surface area contributed by atoms with Gasteiger partial charge in [-0.2, -0.15) is 0 Å². The van der Waals surface area contributed by atoms with E-state index in [-0.39, 0.29) is 6.04 Å². The van der Waals surface area contributed by atoms with E-state index in [9.17, 15) is 0 Å². The van der Waals surface area contributed by atoms with Crippen LogP contribution in [0.2, 0.25) is 0 Å². The number of allylic oxidation sites excluding steroid dienone is 5. The predicted molar refractivity (Wildman–Crippen MR) is 152 cm³/mol. The molecule has 3 aromatic rings. The third kappa shape index (κ3) is 4.93. The van der Waals surface area contributed by atoms with Gasteiger partial charge in [0.1, 0.15) is 0 Å². The number of nitrogen functional groups attached to an aromatic ring is 2. The molecule has 0 heterocycles. The highest BCUT2D eigenvalue weighted by atomic mass is 15.2. The Morgan fingerprint density at radius 1 is 0.611 bits per heavy atom. The molecule has 2 aliphatic carbocycles. The lowest BCUT2D eigenvalue weighted by Gasteiger charge is -2.34. The third-order valence-electron chi connectivity index (χ3n) is 6.59. The molecule has 0 aliphatic heterocycles. The molecule has 2 aliphatic rings. The fourth-order valence-corrected chi connectivity index (χ4v) is 4.68. The average Bonchev–Trinajstić information content (AvgIpc) is 2.90. The maximum absolute atomic E-state index is 6.04. The molecule has 0 spiro atoms. The Kier molecular flexibility index (Phi) is 6.41. The normalized spacial score (nSPS) is 17.1. The number of nitrogens with two attached hydrogens (primary N) is 4. The van der Waals surface area contributed by atoms with Gasteiger partial charge in [-0.25, -0.2) is 0 Å². The molecule has 0 amide bonds. The summed E-state index contributed by atoms with van der Waals surface area (Å²) in [5, 5.41) is 0. The average molecular weight is 477 g/mol. The highest BCUT2D eigenvalue weighted by Crippen LogP contribution is 2.37. The van der Waals surface area contributed by atoms with Crippen molar-refractivity contribution >= 4 is 34.1 Å². The van der Waals surface area contributed by atoms with Gasteiger partial charge in [-0.3, -0.25) is 0 Å². The number of anilines is 6. The summed E-state index contributed by atoms with van der Waals surface area (Å²) in [5.41, 5.74) is 32.7. The molecule has 6 nitrogen and oxygen atoms in total. The van der Waals surface area contributed by atoms with Gasteiger partial charge in [0.05, 0.1) is 6.04 Å². The van der Waals surface area contributed by atoms with E-state index >= 15 is 0 Å². The van der Waals surface area contributed by atoms with E-state index in [0.29, 0.717) is 0 Å². The van der Waals surface area contributed by atoms with Crippen molar-refractivity contribution in [2.24, 2.45) is 11.5 Å². The second kappa shape index (κ2) is 9.96. The van der Waals surface area contributed by atoms with Gasteiger partial charge in [-0.15, -0.1) is 0 Å². The van der Waals surface area contributed by atoms with Gasteiger partial charge in [0, 0.05) is 51.2 Å². The van der Waals surface area contributed by atoms with Gasteiger partial charge < -0.3 is 32.7 Å². The number of hydrogen-bond donors (Lipinski definition) is 4. The number of benzene rings is 3. The lowest BCUT2D eigenvalue weighted by Crippen LogP contribution is -2.30. The van der Waals surface area contributed by atoms with Crippen molar-refractivity contribution in [1.29, 1.82) is 0 Å². The van der Waals surface area contributed by atoms with Gasteiger partial charge >= 0.3 is 0 Å². The molecule has 3 aromatic carbocycles. The minimum atomic E-state index is 0.147. The Morgan fingerprint density at radius 2 is 1.14 bits per heavy atom. The minimum absolute atomic E-state index is 0.147. The van der Waals surface area contributed by atoms with Crippen molar-refractivity contribution in [3.8, 4) is 0 Å². The fraction of sp³-hybridized carbons (Fsp3) is 0.133.